The van der Waals surface area contributed by atoms with Crippen molar-refractivity contribution in [1.82, 2.24) is 0 Å². The predicted octanol–water partition coefficient (Wildman–Crippen LogP) is 1.13. The molecule has 0 aromatic heterocycles. The average Bonchev–Trinajstić information content (AvgIpc) is 1.96. The van der Waals surface area contributed by atoms with E-state index in [4.69, 9.17) is 10.8 Å². The second-order valence-corrected chi connectivity index (χ2v) is 3.93. The Balaban J connectivity index is 2.24. The Labute approximate surface area is 68.8 Å². The van der Waals surface area contributed by atoms with Crippen molar-refractivity contribution in [3.8, 4) is 0 Å². The topological polar surface area (TPSA) is 46.2 Å². The van der Waals surface area contributed by atoms with E-state index in [1.54, 1.807) is 0 Å². The molecule has 2 nitrogen and oxygen atoms in total. The number of aliphatic hydroxyl groups is 1. The summed E-state index contributed by atoms with van der Waals surface area (Å²) in [6.07, 6.45) is 4.86. The number of nitrogens with two attached hydrogens (primary N) is 1. The summed E-state index contributed by atoms with van der Waals surface area (Å²) in [4.78, 5) is 0. The number of rotatable bonds is 4. The molecular weight excluding hydrogens is 138 g/mol. The van der Waals surface area contributed by atoms with Crippen LogP contribution in [0, 0.1) is 11.3 Å². The summed E-state index contributed by atoms with van der Waals surface area (Å²) in [5, 5.41) is 9.04. The van der Waals surface area contributed by atoms with E-state index < -0.39 is 0 Å². The minimum absolute atomic E-state index is 0.111. The minimum atomic E-state index is 0.111. The number of hydrogen-bond acceptors (Lipinski definition) is 2. The van der Waals surface area contributed by atoms with Gasteiger partial charge < -0.3 is 10.8 Å². The lowest BCUT2D eigenvalue weighted by Crippen LogP contribution is -2.45. The van der Waals surface area contributed by atoms with E-state index >= 15 is 0 Å². The highest BCUT2D eigenvalue weighted by Crippen LogP contribution is 2.46. The van der Waals surface area contributed by atoms with Crippen LogP contribution in [0.15, 0.2) is 0 Å². The third-order valence-corrected chi connectivity index (χ3v) is 2.91. The third kappa shape index (κ3) is 1.74. The molecule has 1 saturated carbocycles. The molecule has 3 N–H and O–H groups in total. The monoisotopic (exact) mass is 157 g/mol. The zero-order valence-corrected chi connectivity index (χ0v) is 7.34. The number of aliphatic hydroxyl groups excluding tert-OH is 1. The Hall–Kier alpha value is -0.0800. The van der Waals surface area contributed by atoms with Crippen LogP contribution in [0.3, 0.4) is 0 Å². The molecule has 66 valence electrons. The molecule has 0 heterocycles. The van der Waals surface area contributed by atoms with Gasteiger partial charge in [-0.25, -0.2) is 0 Å². The van der Waals surface area contributed by atoms with Gasteiger partial charge in [0.15, 0.2) is 0 Å². The van der Waals surface area contributed by atoms with Gasteiger partial charge in [-0.3, -0.25) is 0 Å². The van der Waals surface area contributed by atoms with Gasteiger partial charge in [-0.05, 0) is 18.8 Å². The molecule has 0 aliphatic heterocycles. The van der Waals surface area contributed by atoms with Gasteiger partial charge >= 0.3 is 0 Å². The molecule has 0 spiro atoms. The fraction of sp³-hybridized carbons (Fsp3) is 1.00. The van der Waals surface area contributed by atoms with E-state index in [9.17, 15) is 0 Å². The van der Waals surface area contributed by atoms with E-state index in [2.05, 4.69) is 6.92 Å². The highest BCUT2D eigenvalue weighted by molar-refractivity contribution is 4.93. The smallest absolute Gasteiger partial charge is 0.0499 e. The Morgan fingerprint density at radius 3 is 2.55 bits per heavy atom. The van der Waals surface area contributed by atoms with Crippen LogP contribution in [0.25, 0.3) is 0 Å². The number of hydrogen-bond donors (Lipinski definition) is 2. The summed E-state index contributed by atoms with van der Waals surface area (Å²) >= 11 is 0. The molecule has 1 fully saturated rings. The maximum atomic E-state index is 9.04. The molecular formula is C9H19NO. The van der Waals surface area contributed by atoms with Crippen molar-refractivity contribution in [3.05, 3.63) is 0 Å². The third-order valence-electron chi connectivity index (χ3n) is 2.91. The summed E-state index contributed by atoms with van der Waals surface area (Å²) < 4.78 is 0. The SMILES string of the molecule is CCCC1CC(CN)(CO)C1. The highest BCUT2D eigenvalue weighted by Gasteiger charge is 2.41. The van der Waals surface area contributed by atoms with Crippen molar-refractivity contribution >= 4 is 0 Å². The molecule has 0 bridgehead atoms. The second-order valence-electron chi connectivity index (χ2n) is 3.93. The van der Waals surface area contributed by atoms with E-state index in [1.807, 2.05) is 0 Å². The molecule has 0 aromatic carbocycles. The average molecular weight is 157 g/mol. The largest absolute Gasteiger partial charge is 0.396 e. The van der Waals surface area contributed by atoms with Crippen LogP contribution >= 0.6 is 0 Å². The summed E-state index contributed by atoms with van der Waals surface area (Å²) in [6, 6.07) is 0. The van der Waals surface area contributed by atoms with E-state index in [-0.39, 0.29) is 12.0 Å². The van der Waals surface area contributed by atoms with Crippen molar-refractivity contribution in [2.45, 2.75) is 32.6 Å². The van der Waals surface area contributed by atoms with Crippen LogP contribution in [0.4, 0.5) is 0 Å². The van der Waals surface area contributed by atoms with Crippen LogP contribution < -0.4 is 5.73 Å². The van der Waals surface area contributed by atoms with Gasteiger partial charge in [-0.2, -0.15) is 0 Å². The molecule has 11 heavy (non-hydrogen) atoms. The van der Waals surface area contributed by atoms with Crippen LogP contribution in [0.2, 0.25) is 0 Å². The molecule has 0 radical (unpaired) electrons. The quantitative estimate of drug-likeness (QED) is 0.642. The van der Waals surface area contributed by atoms with Gasteiger partial charge in [0.1, 0.15) is 0 Å². The van der Waals surface area contributed by atoms with Crippen molar-refractivity contribution in [2.75, 3.05) is 13.2 Å². The first-order chi connectivity index (χ1) is 5.26. The summed E-state index contributed by atoms with van der Waals surface area (Å²) in [5.41, 5.74) is 5.69. The first-order valence-corrected chi connectivity index (χ1v) is 4.57. The van der Waals surface area contributed by atoms with Crippen molar-refractivity contribution in [1.29, 1.82) is 0 Å². The van der Waals surface area contributed by atoms with E-state index in [0.717, 1.165) is 18.8 Å². The summed E-state index contributed by atoms with van der Waals surface area (Å²) in [6.45, 7) is 3.15. The standard InChI is InChI=1S/C9H19NO/c1-2-3-8-4-9(5-8,6-10)7-11/h8,11H,2-7,10H2,1H3. The van der Waals surface area contributed by atoms with Crippen LogP contribution in [0.1, 0.15) is 32.6 Å². The molecule has 0 saturated heterocycles. The van der Waals surface area contributed by atoms with Gasteiger partial charge in [0.25, 0.3) is 0 Å². The maximum Gasteiger partial charge on any atom is 0.0499 e. The van der Waals surface area contributed by atoms with Crippen molar-refractivity contribution in [2.24, 2.45) is 17.1 Å². The Bertz CT molecular complexity index is 113. The Morgan fingerprint density at radius 2 is 2.18 bits per heavy atom. The molecule has 0 unspecified atom stereocenters. The maximum absolute atomic E-state index is 9.04. The van der Waals surface area contributed by atoms with E-state index in [1.165, 1.54) is 12.8 Å². The summed E-state index contributed by atoms with van der Waals surface area (Å²) in [7, 11) is 0. The van der Waals surface area contributed by atoms with Gasteiger partial charge in [0, 0.05) is 18.6 Å². The molecule has 1 rings (SSSR count). The zero-order valence-electron chi connectivity index (χ0n) is 7.34. The van der Waals surface area contributed by atoms with Crippen LogP contribution in [-0.4, -0.2) is 18.3 Å². The fourth-order valence-corrected chi connectivity index (χ4v) is 2.14. The fourth-order valence-electron chi connectivity index (χ4n) is 2.14. The van der Waals surface area contributed by atoms with Gasteiger partial charge in [-0.1, -0.05) is 19.8 Å². The first-order valence-electron chi connectivity index (χ1n) is 4.57. The van der Waals surface area contributed by atoms with Gasteiger partial charge in [0.2, 0.25) is 0 Å². The Kier molecular flexibility index (Phi) is 2.90. The predicted molar refractivity (Wildman–Crippen MR) is 46.2 cm³/mol. The molecule has 0 amide bonds. The van der Waals surface area contributed by atoms with E-state index in [0.29, 0.717) is 6.54 Å². The van der Waals surface area contributed by atoms with Gasteiger partial charge in [-0.15, -0.1) is 0 Å². The lowest BCUT2D eigenvalue weighted by molar-refractivity contribution is -0.000896. The van der Waals surface area contributed by atoms with Crippen molar-refractivity contribution in [3.63, 3.8) is 0 Å². The van der Waals surface area contributed by atoms with Gasteiger partial charge in [0.05, 0.1) is 0 Å². The zero-order chi connectivity index (χ0) is 8.32. The first kappa shape index (κ1) is 9.01. The van der Waals surface area contributed by atoms with Crippen LogP contribution in [0.5, 0.6) is 0 Å². The van der Waals surface area contributed by atoms with Crippen molar-refractivity contribution < 1.29 is 5.11 Å². The Morgan fingerprint density at radius 1 is 1.55 bits per heavy atom. The lowest BCUT2D eigenvalue weighted by Gasteiger charge is -2.46. The van der Waals surface area contributed by atoms with Crippen LogP contribution in [-0.2, 0) is 0 Å². The second kappa shape index (κ2) is 3.55. The molecule has 1 aliphatic rings. The molecule has 1 aliphatic carbocycles. The lowest BCUT2D eigenvalue weighted by atomic mass is 9.61. The molecule has 0 aromatic rings. The summed E-state index contributed by atoms with van der Waals surface area (Å²) in [5.74, 6) is 0.843. The molecule has 0 atom stereocenters. The molecule has 2 heteroatoms. The highest BCUT2D eigenvalue weighted by atomic mass is 16.3. The normalized spacial score (nSPS) is 36.8. The minimum Gasteiger partial charge on any atom is -0.396 e.